The van der Waals surface area contributed by atoms with E-state index in [9.17, 15) is 19.2 Å². The maximum absolute atomic E-state index is 9.62. The molecule has 0 unspecified atom stereocenters. The van der Waals surface area contributed by atoms with Gasteiger partial charge in [-0.1, -0.05) is 139 Å². The third-order valence-corrected chi connectivity index (χ3v) is 2.91. The van der Waals surface area contributed by atoms with Crippen molar-refractivity contribution in [3.05, 3.63) is 0 Å². The fraction of sp³-hybridized carbons (Fsp3) is 0.500. The normalized spacial score (nSPS) is 10.7. The van der Waals surface area contributed by atoms with E-state index >= 15 is 0 Å². The highest BCUT2D eigenvalue weighted by Gasteiger charge is 2.31. The molecule has 0 atom stereocenters. The summed E-state index contributed by atoms with van der Waals surface area (Å²) in [4.78, 5) is 38.5. The molecular formula is C8H7BCl12O11. The molecule has 0 aliphatic heterocycles. The Morgan fingerprint density at radius 3 is 0.438 bits per heavy atom. The second-order valence-corrected chi connectivity index (χ2v) is 12.7. The summed E-state index contributed by atoms with van der Waals surface area (Å²) in [6.45, 7) is 0. The van der Waals surface area contributed by atoms with E-state index in [1.807, 2.05) is 0 Å². The van der Waals surface area contributed by atoms with E-state index in [1.165, 1.54) is 0 Å². The van der Waals surface area contributed by atoms with Gasteiger partial charge in [0.05, 0.1) is 0 Å². The Morgan fingerprint density at radius 2 is 0.438 bits per heavy atom. The number of halogens is 12. The third kappa shape index (κ3) is 44.9. The molecule has 0 radical (unpaired) electrons. The largest absolute Gasteiger partial charge is 0.631 e. The molecule has 0 spiro atoms. The lowest BCUT2D eigenvalue weighted by Gasteiger charge is -1.99. The molecule has 0 aliphatic rings. The fourth-order valence-corrected chi connectivity index (χ4v) is 0. The summed E-state index contributed by atoms with van der Waals surface area (Å²) in [6.07, 6.45) is 0. The van der Waals surface area contributed by atoms with Gasteiger partial charge in [0.25, 0.3) is 15.2 Å². The number of rotatable bonds is 0. The highest BCUT2D eigenvalue weighted by atomic mass is 35.6. The molecule has 32 heavy (non-hydrogen) atoms. The van der Waals surface area contributed by atoms with Crippen LogP contribution in [0.1, 0.15) is 0 Å². The van der Waals surface area contributed by atoms with Gasteiger partial charge in [-0.05, 0) is 0 Å². The minimum absolute atomic E-state index is 1.46. The van der Waals surface area contributed by atoms with E-state index in [-0.39, 0.29) is 0 Å². The Kier molecular flexibility index (Phi) is 26.4. The summed E-state index contributed by atoms with van der Waals surface area (Å²) in [7, 11) is -2.17. The lowest BCUT2D eigenvalue weighted by atomic mass is 10.3. The highest BCUT2D eigenvalue weighted by Crippen LogP contribution is 2.26. The third-order valence-electron chi connectivity index (χ3n) is 0.970. The number of carbonyl (C=O) groups is 4. The molecule has 0 saturated carbocycles. The van der Waals surface area contributed by atoms with Crippen LogP contribution in [-0.4, -0.2) is 81.9 Å². The second-order valence-electron chi connectivity index (χ2n) is 3.56. The summed E-state index contributed by atoms with van der Waals surface area (Å²) in [5.41, 5.74) is 0. The van der Waals surface area contributed by atoms with Crippen LogP contribution in [0.2, 0.25) is 0 Å². The van der Waals surface area contributed by atoms with Gasteiger partial charge in [-0.3, -0.25) is 0 Å². The van der Waals surface area contributed by atoms with Crippen molar-refractivity contribution in [2.45, 2.75) is 15.2 Å². The van der Waals surface area contributed by atoms with E-state index in [4.69, 9.17) is 175 Å². The minimum atomic E-state index is -2.17. The van der Waals surface area contributed by atoms with Crippen LogP contribution in [0.4, 0.5) is 0 Å². The second kappa shape index (κ2) is 19.5. The molecule has 11 nitrogen and oxygen atoms in total. The van der Waals surface area contributed by atoms with E-state index in [2.05, 4.69) is 0 Å². The van der Waals surface area contributed by atoms with Crippen molar-refractivity contribution >= 4 is 170 Å². The van der Waals surface area contributed by atoms with Crippen LogP contribution in [0.25, 0.3) is 0 Å². The van der Waals surface area contributed by atoms with Crippen molar-refractivity contribution in [2.24, 2.45) is 0 Å². The van der Waals surface area contributed by atoms with Crippen LogP contribution in [0.5, 0.6) is 0 Å². The van der Waals surface area contributed by atoms with Gasteiger partial charge in [0.15, 0.2) is 0 Å². The van der Waals surface area contributed by atoms with E-state index in [1.54, 1.807) is 0 Å². The Morgan fingerprint density at radius 1 is 0.406 bits per heavy atom. The molecule has 0 heterocycles. The highest BCUT2D eigenvalue weighted by molar-refractivity contribution is 6.77. The van der Waals surface area contributed by atoms with Gasteiger partial charge in [-0.15, -0.1) is 0 Å². The fourth-order valence-electron chi connectivity index (χ4n) is 0. The summed E-state index contributed by atoms with van der Waals surface area (Å²) in [5.74, 6) is -5.84. The Labute approximate surface area is 238 Å². The first-order valence-corrected chi connectivity index (χ1v) is 10.3. The molecule has 0 aromatic heterocycles. The molecule has 7 N–H and O–H groups in total. The maximum Gasteiger partial charge on any atom is 0.631 e. The van der Waals surface area contributed by atoms with Crippen LogP contribution in [0.3, 0.4) is 0 Å². The number of hydrogen-bond donors (Lipinski definition) is 7. The first-order chi connectivity index (χ1) is 13.5. The summed E-state index contributed by atoms with van der Waals surface area (Å²) >= 11 is 57.6. The SMILES string of the molecule is O=C(O)C(Cl)(Cl)Cl.O=C(O)C(Cl)(Cl)Cl.O=C(O)C(Cl)(Cl)Cl.O=C(O)C(Cl)(Cl)Cl.OB(O)O. The lowest BCUT2D eigenvalue weighted by molar-refractivity contribution is -0.136. The van der Waals surface area contributed by atoms with E-state index in [0.717, 1.165) is 0 Å². The van der Waals surface area contributed by atoms with Gasteiger partial charge in [0.1, 0.15) is 0 Å². The lowest BCUT2D eigenvalue weighted by Crippen LogP contribution is -2.16. The summed E-state index contributed by atoms with van der Waals surface area (Å²) in [6, 6.07) is 0. The first-order valence-electron chi connectivity index (χ1n) is 5.75. The number of carboxylic acids is 4. The first kappa shape index (κ1) is 43.4. The van der Waals surface area contributed by atoms with Gasteiger partial charge in [-0.2, -0.15) is 0 Å². The molecule has 0 aromatic rings. The van der Waals surface area contributed by atoms with Crippen LogP contribution >= 0.6 is 139 Å². The number of carboxylic acid groups (broad SMARTS) is 4. The van der Waals surface area contributed by atoms with Crippen LogP contribution in [0.15, 0.2) is 0 Å². The van der Waals surface area contributed by atoms with Crippen LogP contribution < -0.4 is 0 Å². The zero-order valence-electron chi connectivity index (χ0n) is 13.9. The standard InChI is InChI=1S/4C2HCl3O2.BH3O3/c4*3-2(4,5)1(6)7;2-1(3)4/h4*(H,6,7);2-4H. The number of alkyl halides is 12. The Bertz CT molecular complexity index is 479. The van der Waals surface area contributed by atoms with Gasteiger partial charge in [0.2, 0.25) is 0 Å². The van der Waals surface area contributed by atoms with Crippen LogP contribution in [-0.2, 0) is 19.2 Å². The molecule has 0 aliphatic carbocycles. The average molecular weight is 715 g/mol. The Balaban J connectivity index is -0.0000000960. The molecule has 0 fully saturated rings. The molecular weight excluding hydrogens is 708 g/mol. The topological polar surface area (TPSA) is 210 Å². The minimum Gasteiger partial charge on any atom is -0.478 e. The summed E-state index contributed by atoms with van der Waals surface area (Å²) in [5, 5.41) is 52.9. The van der Waals surface area contributed by atoms with Crippen molar-refractivity contribution in [3.8, 4) is 0 Å². The van der Waals surface area contributed by atoms with E-state index in [0.29, 0.717) is 0 Å². The molecule has 0 rings (SSSR count). The quantitative estimate of drug-likeness (QED) is 0.142. The van der Waals surface area contributed by atoms with Gasteiger partial charge in [0, 0.05) is 0 Å². The molecule has 24 heteroatoms. The predicted molar refractivity (Wildman–Crippen MR) is 124 cm³/mol. The zero-order valence-corrected chi connectivity index (χ0v) is 22.9. The van der Waals surface area contributed by atoms with Crippen LogP contribution in [0, 0.1) is 0 Å². The zero-order chi connectivity index (χ0) is 27.9. The van der Waals surface area contributed by atoms with Crippen molar-refractivity contribution in [3.63, 3.8) is 0 Å². The smallest absolute Gasteiger partial charge is 0.478 e. The van der Waals surface area contributed by atoms with Crippen molar-refractivity contribution < 1.29 is 54.7 Å². The van der Waals surface area contributed by atoms with Gasteiger partial charge in [-0.25, -0.2) is 19.2 Å². The molecule has 192 valence electrons. The molecule has 0 amide bonds. The van der Waals surface area contributed by atoms with Crippen molar-refractivity contribution in [1.29, 1.82) is 0 Å². The number of aliphatic carboxylic acids is 4. The molecule has 0 saturated heterocycles. The van der Waals surface area contributed by atoms with E-state index < -0.39 is 46.4 Å². The monoisotopic (exact) mass is 710 g/mol. The maximum atomic E-state index is 9.62. The molecule has 0 aromatic carbocycles. The van der Waals surface area contributed by atoms with Gasteiger partial charge < -0.3 is 35.5 Å². The summed E-state index contributed by atoms with van der Waals surface area (Å²) < 4.78 is -8.67. The Hall–Kier alpha value is 1.30. The molecule has 0 bridgehead atoms. The van der Waals surface area contributed by atoms with Gasteiger partial charge >= 0.3 is 31.2 Å². The van der Waals surface area contributed by atoms with Crippen molar-refractivity contribution in [1.82, 2.24) is 0 Å². The average Bonchev–Trinajstić information content (AvgIpc) is 2.44. The number of hydrogen-bond acceptors (Lipinski definition) is 7. The van der Waals surface area contributed by atoms with Crippen molar-refractivity contribution in [2.75, 3.05) is 0 Å². The predicted octanol–water partition coefficient (Wildman–Crippen LogP) is 3.71.